The molecule has 2 N–H and O–H groups in total. The Balaban J connectivity index is 1.64. The van der Waals surface area contributed by atoms with Gasteiger partial charge in [-0.25, -0.2) is 4.90 Å². The molecule has 4 aliphatic heterocycles. The molecule has 9 unspecified atom stereocenters. The van der Waals surface area contributed by atoms with E-state index in [2.05, 4.69) is 30.9 Å². The second kappa shape index (κ2) is 23.2. The number of amides is 2. The molecule has 1 fully saturated rings. The van der Waals surface area contributed by atoms with Gasteiger partial charge in [0.2, 0.25) is 17.5 Å². The largest absolute Gasteiger partial charge is 0.462 e. The van der Waals surface area contributed by atoms with Crippen LogP contribution >= 0.6 is 0 Å². The smallest absolute Gasteiger partial charge is 0.316 e. The molecule has 0 radical (unpaired) electrons. The molecule has 2 aromatic carbocycles. The van der Waals surface area contributed by atoms with Gasteiger partial charge in [-0.1, -0.05) is 84.4 Å². The van der Waals surface area contributed by atoms with Crippen LogP contribution in [0, 0.1) is 62.2 Å². The summed E-state index contributed by atoms with van der Waals surface area (Å²) in [5.41, 5.74) is -0.164. The van der Waals surface area contributed by atoms with Gasteiger partial charge in [-0.2, -0.15) is 0 Å². The van der Waals surface area contributed by atoms with E-state index in [-0.39, 0.29) is 41.2 Å². The number of ether oxygens (including phenoxy) is 5. The minimum Gasteiger partial charge on any atom is -0.462 e. The first-order chi connectivity index (χ1) is 36.2. The Morgan fingerprint density at radius 1 is 0.769 bits per heavy atom. The number of piperazine rings is 1. The predicted molar refractivity (Wildman–Crippen MR) is 292 cm³/mol. The number of allylic oxidation sites excluding steroid dienone is 4. The second-order valence-electron chi connectivity index (χ2n) is 24.0. The minimum absolute atomic E-state index is 0.0114. The number of benzene rings is 2. The highest BCUT2D eigenvalue weighted by Crippen LogP contribution is 2.51. The number of aliphatic hydroxyl groups is 2. The van der Waals surface area contributed by atoms with Crippen molar-refractivity contribution < 1.29 is 67.5 Å². The Morgan fingerprint density at radius 2 is 1.36 bits per heavy atom. The van der Waals surface area contributed by atoms with Gasteiger partial charge < -0.3 is 38.8 Å². The molecule has 2 amide bonds. The highest BCUT2D eigenvalue weighted by atomic mass is 16.7. The average molecular weight is 1080 g/mol. The number of hydrogen-bond acceptors (Lipinski definition) is 16. The lowest BCUT2D eigenvalue weighted by molar-refractivity contribution is -0.160. The zero-order valence-corrected chi connectivity index (χ0v) is 48.8. The van der Waals surface area contributed by atoms with Crippen molar-refractivity contribution in [3.63, 3.8) is 0 Å². The number of rotatable bonds is 6. The molecule has 2 aromatic rings. The van der Waals surface area contributed by atoms with Gasteiger partial charge in [0, 0.05) is 93.9 Å². The average Bonchev–Trinajstić information content (AvgIpc) is 3.88. The number of imide groups is 1. The maximum absolute atomic E-state index is 16.2. The molecule has 9 atom stereocenters. The van der Waals surface area contributed by atoms with Crippen molar-refractivity contribution in [3.8, 4) is 11.5 Å². The van der Waals surface area contributed by atoms with E-state index in [0.717, 1.165) is 27.2 Å². The molecule has 78 heavy (non-hydrogen) atoms. The fourth-order valence-corrected chi connectivity index (χ4v) is 10.8. The summed E-state index contributed by atoms with van der Waals surface area (Å²) in [4.78, 5) is 109. The Bertz CT molecular complexity index is 2870. The number of methoxy groups -OCH3 is 1. The summed E-state index contributed by atoms with van der Waals surface area (Å²) in [6.07, 6.45) is 3.02. The van der Waals surface area contributed by atoms with E-state index in [1.54, 1.807) is 80.2 Å². The topological polar surface area (TPSA) is 216 Å². The SMILES string of the molecule is COC1/C=C/OC2(C)Oc3c(C)c(OC(=O)C(C)(C)C)c4c(c3C2=O)C(=O)C(N2CCN(Cc3c(C)cc(C)cc3C)CC2)=C(C4=O)N(C(=O)C(C)(C)C)C(=O)/C(C)=C\C=C\C(C)C(O)C(C)C(O)C(C)C(OC(C)=O)C1C. The standard InChI is InChI=1S/C61H81N3O14/c1-31-28-34(4)41(35(5)29-31)30-62-23-25-63(26-24-62)46-47-51(69)44-43(50(46)68)45-54(39(9)53(44)77-58(73)60(14,15)16)78-61(17,55(45)70)75-27-22-42(74-18)36(6)52(76-40(10)65)38(8)49(67)37(7)48(66)32(2)20-19-21-33(3)56(71)64(47)57(72)59(11,12)13/h19-22,27-29,32,36-38,42,48-49,52,66-67H,23-26,30H2,1-18H3/b20-19+,27-22+,33-21-. The number of ketones is 3. The number of Topliss-reactive ketones (excluding diaryl/α,β-unsaturated/α-hetero) is 3. The number of fused-ring (bicyclic) bond motifs is 14. The van der Waals surface area contributed by atoms with Gasteiger partial charge in [0.1, 0.15) is 29.0 Å². The van der Waals surface area contributed by atoms with Crippen molar-refractivity contribution in [1.29, 1.82) is 0 Å². The third-order valence-corrected chi connectivity index (χ3v) is 15.6. The lowest BCUT2D eigenvalue weighted by atomic mass is 9.78. The van der Waals surface area contributed by atoms with Crippen LogP contribution in [0.1, 0.15) is 149 Å². The molecule has 0 saturated carbocycles. The third kappa shape index (κ3) is 12.0. The van der Waals surface area contributed by atoms with Crippen molar-refractivity contribution in [2.45, 2.75) is 154 Å². The second-order valence-corrected chi connectivity index (χ2v) is 24.0. The van der Waals surface area contributed by atoms with Crippen LogP contribution in [0.25, 0.3) is 0 Å². The van der Waals surface area contributed by atoms with E-state index in [9.17, 15) is 19.8 Å². The van der Waals surface area contributed by atoms with Crippen molar-refractivity contribution in [2.75, 3.05) is 33.3 Å². The Kier molecular flexibility index (Phi) is 18.1. The highest BCUT2D eigenvalue weighted by molar-refractivity contribution is 6.33. The summed E-state index contributed by atoms with van der Waals surface area (Å²) in [6.45, 7) is 29.7. The number of hydrogen-bond donors (Lipinski definition) is 2. The van der Waals surface area contributed by atoms with Gasteiger partial charge in [-0.05, 0) is 78.2 Å². The summed E-state index contributed by atoms with van der Waals surface area (Å²) in [6, 6.07) is 4.26. The number of nitrogens with zero attached hydrogens (tertiary/aromatic N) is 3. The first-order valence-electron chi connectivity index (χ1n) is 26.9. The number of esters is 2. The zero-order valence-electron chi connectivity index (χ0n) is 48.8. The molecule has 5 aliphatic rings. The van der Waals surface area contributed by atoms with Gasteiger partial charge in [0.05, 0.1) is 46.7 Å². The summed E-state index contributed by atoms with van der Waals surface area (Å²) in [7, 11) is 1.42. The summed E-state index contributed by atoms with van der Waals surface area (Å²) < 4.78 is 30.4. The highest BCUT2D eigenvalue weighted by Gasteiger charge is 2.55. The predicted octanol–water partition coefficient (Wildman–Crippen LogP) is 8.23. The van der Waals surface area contributed by atoms with Gasteiger partial charge in [-0.3, -0.25) is 38.5 Å². The van der Waals surface area contributed by atoms with Crippen LogP contribution in [-0.2, 0) is 39.9 Å². The van der Waals surface area contributed by atoms with E-state index < -0.39 is 128 Å². The first-order valence-corrected chi connectivity index (χ1v) is 26.9. The fourth-order valence-electron chi connectivity index (χ4n) is 10.8. The van der Waals surface area contributed by atoms with E-state index in [1.165, 1.54) is 59.3 Å². The molecular formula is C61H81N3O14. The van der Waals surface area contributed by atoms with Crippen molar-refractivity contribution in [3.05, 3.63) is 104 Å². The van der Waals surface area contributed by atoms with Crippen molar-refractivity contribution in [1.82, 2.24) is 14.7 Å². The first kappa shape index (κ1) is 61.0. The normalized spacial score (nSPS) is 28.4. The quantitative estimate of drug-likeness (QED) is 0.206. The van der Waals surface area contributed by atoms with Crippen molar-refractivity contribution >= 4 is 41.1 Å². The van der Waals surface area contributed by atoms with Crippen LogP contribution in [-0.4, -0.2) is 130 Å². The lowest BCUT2D eigenvalue weighted by Crippen LogP contribution is -2.52. The van der Waals surface area contributed by atoms with Crippen LogP contribution in [0.5, 0.6) is 11.5 Å². The number of aliphatic hydroxyl groups excluding tert-OH is 2. The Hall–Kier alpha value is -6.27. The van der Waals surface area contributed by atoms with Gasteiger partial charge in [0.15, 0.2) is 0 Å². The maximum Gasteiger partial charge on any atom is 0.316 e. The Morgan fingerprint density at radius 3 is 1.91 bits per heavy atom. The number of carbonyl (C=O) groups excluding carboxylic acids is 7. The van der Waals surface area contributed by atoms with Crippen LogP contribution in [0.15, 0.2) is 59.7 Å². The van der Waals surface area contributed by atoms with E-state index >= 15 is 24.0 Å². The monoisotopic (exact) mass is 1080 g/mol. The van der Waals surface area contributed by atoms with E-state index in [0.29, 0.717) is 19.6 Å². The number of carbonyl (C=O) groups is 7. The van der Waals surface area contributed by atoms with Crippen LogP contribution in [0.2, 0.25) is 0 Å². The summed E-state index contributed by atoms with van der Waals surface area (Å²) >= 11 is 0. The molecule has 0 spiro atoms. The van der Waals surface area contributed by atoms with Crippen LogP contribution < -0.4 is 9.47 Å². The van der Waals surface area contributed by atoms with Gasteiger partial charge in [-0.15, -0.1) is 0 Å². The molecule has 17 nitrogen and oxygen atoms in total. The maximum atomic E-state index is 16.2. The minimum atomic E-state index is -2.22. The fraction of sp³-hybridized carbons (Fsp3) is 0.557. The molecule has 1 saturated heterocycles. The molecule has 4 heterocycles. The lowest BCUT2D eigenvalue weighted by Gasteiger charge is -2.41. The van der Waals surface area contributed by atoms with Gasteiger partial charge >= 0.3 is 17.7 Å². The van der Waals surface area contributed by atoms with Crippen molar-refractivity contribution in [2.24, 2.45) is 34.5 Å². The summed E-state index contributed by atoms with van der Waals surface area (Å²) in [5, 5.41) is 23.5. The van der Waals surface area contributed by atoms with Crippen LogP contribution in [0.3, 0.4) is 0 Å². The molecule has 17 heteroatoms. The van der Waals surface area contributed by atoms with E-state index in [1.807, 2.05) is 6.92 Å². The number of aryl methyl sites for hydroxylation is 3. The Labute approximate surface area is 459 Å². The molecule has 0 aromatic heterocycles. The van der Waals surface area contributed by atoms with Crippen LogP contribution in [0.4, 0.5) is 0 Å². The van der Waals surface area contributed by atoms with E-state index in [4.69, 9.17) is 23.7 Å². The summed E-state index contributed by atoms with van der Waals surface area (Å²) in [5.74, 6) is -11.6. The molecule has 1 aliphatic carbocycles. The molecular weight excluding hydrogens is 999 g/mol. The molecule has 424 valence electrons. The third-order valence-electron chi connectivity index (χ3n) is 15.6. The molecule has 5 bridgehead atoms. The zero-order chi connectivity index (χ0) is 58.4. The van der Waals surface area contributed by atoms with Gasteiger partial charge in [0.25, 0.3) is 11.7 Å². The molecule has 7 rings (SSSR count).